The van der Waals surface area contributed by atoms with E-state index >= 15 is 0 Å². The van der Waals surface area contributed by atoms with Crippen molar-refractivity contribution in [3.63, 3.8) is 0 Å². The lowest BCUT2D eigenvalue weighted by atomic mass is 9.93. The number of hydrogen-bond donors (Lipinski definition) is 1. The van der Waals surface area contributed by atoms with E-state index in [-0.39, 0.29) is 17.9 Å². The quantitative estimate of drug-likeness (QED) is 0.328. The molecule has 0 fully saturated rings. The van der Waals surface area contributed by atoms with Gasteiger partial charge in [0.1, 0.15) is 23.9 Å². The first-order valence-electron chi connectivity index (χ1n) is 10.6. The summed E-state index contributed by atoms with van der Waals surface area (Å²) in [5, 5.41) is 12.1. The first-order chi connectivity index (χ1) is 16.0. The molecule has 180 valence electrons. The van der Waals surface area contributed by atoms with Crippen LogP contribution in [-0.2, 0) is 24.1 Å². The van der Waals surface area contributed by atoms with Crippen molar-refractivity contribution in [1.82, 2.24) is 5.32 Å². The molecule has 0 radical (unpaired) electrons. The molecule has 0 aliphatic rings. The van der Waals surface area contributed by atoms with Crippen molar-refractivity contribution in [3.05, 3.63) is 77.4 Å². The molecular formula is C25H28N2O6S. The predicted molar refractivity (Wildman–Crippen MR) is 128 cm³/mol. The largest absolute Gasteiger partial charge is 0.460 e. The molecule has 34 heavy (non-hydrogen) atoms. The fourth-order valence-corrected chi connectivity index (χ4v) is 3.88. The lowest BCUT2D eigenvalue weighted by Crippen LogP contribution is -2.35. The predicted octanol–water partition coefficient (Wildman–Crippen LogP) is 3.49. The monoisotopic (exact) mass is 484 g/mol. The van der Waals surface area contributed by atoms with E-state index in [2.05, 4.69) is 5.32 Å². The van der Waals surface area contributed by atoms with Crippen molar-refractivity contribution < 1.29 is 27.5 Å². The minimum atomic E-state index is -3.62. The van der Waals surface area contributed by atoms with Crippen LogP contribution in [0.25, 0.3) is 5.57 Å². The summed E-state index contributed by atoms with van der Waals surface area (Å²) in [6, 6.07) is 19.8. The molecule has 1 N–H and O–H groups in total. The topological polar surface area (TPSA) is 123 Å². The number of esters is 1. The molecule has 8 nitrogen and oxygen atoms in total. The van der Waals surface area contributed by atoms with Gasteiger partial charge in [-0.25, -0.2) is 18.0 Å². The van der Waals surface area contributed by atoms with E-state index in [4.69, 9.17) is 9.47 Å². The number of hydrogen-bond acceptors (Lipinski definition) is 7. The van der Waals surface area contributed by atoms with Crippen LogP contribution < -0.4 is 5.32 Å². The van der Waals surface area contributed by atoms with Crippen molar-refractivity contribution in [2.45, 2.75) is 26.4 Å². The molecule has 0 bridgehead atoms. The van der Waals surface area contributed by atoms with Crippen LogP contribution in [0, 0.1) is 11.3 Å². The van der Waals surface area contributed by atoms with E-state index in [9.17, 15) is 23.3 Å². The Labute approximate surface area is 200 Å². The van der Waals surface area contributed by atoms with Crippen molar-refractivity contribution in [3.8, 4) is 6.07 Å². The molecular weight excluding hydrogens is 456 g/mol. The van der Waals surface area contributed by atoms with Crippen molar-refractivity contribution >= 4 is 27.5 Å². The van der Waals surface area contributed by atoms with Gasteiger partial charge in [-0.15, -0.1) is 0 Å². The average Bonchev–Trinajstić information content (AvgIpc) is 2.77. The van der Waals surface area contributed by atoms with Crippen LogP contribution in [0.15, 0.2) is 66.2 Å². The lowest BCUT2D eigenvalue weighted by Gasteiger charge is -2.19. The van der Waals surface area contributed by atoms with E-state index in [1.807, 2.05) is 18.2 Å². The molecule has 0 saturated carbocycles. The molecule has 2 aromatic rings. The minimum Gasteiger partial charge on any atom is -0.460 e. The fraction of sp³-hybridized carbons (Fsp3) is 0.320. The van der Waals surface area contributed by atoms with Crippen LogP contribution in [0.2, 0.25) is 0 Å². The Balaban J connectivity index is 2.04. The maximum absolute atomic E-state index is 12.7. The Morgan fingerprint density at radius 3 is 1.94 bits per heavy atom. The van der Waals surface area contributed by atoms with Crippen LogP contribution in [0.4, 0.5) is 4.79 Å². The highest BCUT2D eigenvalue weighted by molar-refractivity contribution is 7.91. The molecule has 0 heterocycles. The van der Waals surface area contributed by atoms with E-state index in [1.54, 1.807) is 69.3 Å². The molecule has 0 saturated heterocycles. The van der Waals surface area contributed by atoms with Crippen LogP contribution >= 0.6 is 0 Å². The summed E-state index contributed by atoms with van der Waals surface area (Å²) in [4.78, 5) is 24.3. The van der Waals surface area contributed by atoms with Gasteiger partial charge in [0.2, 0.25) is 0 Å². The lowest BCUT2D eigenvalue weighted by molar-refractivity contribution is -0.137. The summed E-state index contributed by atoms with van der Waals surface area (Å²) in [6.45, 7) is 4.53. The molecule has 0 unspecified atom stereocenters. The number of ether oxygens (including phenoxy) is 2. The maximum atomic E-state index is 12.7. The van der Waals surface area contributed by atoms with Crippen molar-refractivity contribution in [2.24, 2.45) is 0 Å². The summed E-state index contributed by atoms with van der Waals surface area (Å²) in [7, 11) is -3.62. The number of nitriles is 1. The SMILES string of the molecule is CC(C)(C)OC(=O)NCCS(=O)(=O)CCOC(=O)C(C#N)=C(c1ccccc1)c1ccccc1. The highest BCUT2D eigenvalue weighted by Crippen LogP contribution is 2.27. The second kappa shape index (κ2) is 12.0. The van der Waals surface area contributed by atoms with Crippen LogP contribution in [0.1, 0.15) is 31.9 Å². The normalized spacial score (nSPS) is 11.1. The molecule has 0 aliphatic heterocycles. The van der Waals surface area contributed by atoms with Crippen molar-refractivity contribution in [2.75, 3.05) is 24.7 Å². The zero-order valence-electron chi connectivity index (χ0n) is 19.4. The van der Waals surface area contributed by atoms with Gasteiger partial charge in [0.25, 0.3) is 0 Å². The van der Waals surface area contributed by atoms with Crippen LogP contribution in [-0.4, -0.2) is 50.7 Å². The molecule has 2 aromatic carbocycles. The molecule has 9 heteroatoms. The van der Waals surface area contributed by atoms with Gasteiger partial charge >= 0.3 is 12.1 Å². The van der Waals surface area contributed by atoms with E-state index in [1.165, 1.54) is 0 Å². The Morgan fingerprint density at radius 1 is 0.941 bits per heavy atom. The zero-order chi connectivity index (χ0) is 25.2. The summed E-state index contributed by atoms with van der Waals surface area (Å²) < 4.78 is 34.7. The molecule has 2 rings (SSSR count). The van der Waals surface area contributed by atoms with Crippen LogP contribution in [0.3, 0.4) is 0 Å². The van der Waals surface area contributed by atoms with E-state index in [0.29, 0.717) is 16.7 Å². The molecule has 0 atom stereocenters. The molecule has 0 spiro atoms. The van der Waals surface area contributed by atoms with Gasteiger partial charge in [-0.2, -0.15) is 5.26 Å². The van der Waals surface area contributed by atoms with Gasteiger partial charge in [-0.1, -0.05) is 60.7 Å². The number of amides is 1. The number of nitrogens with zero attached hydrogens (tertiary/aromatic N) is 1. The van der Waals surface area contributed by atoms with Gasteiger partial charge in [0, 0.05) is 12.1 Å². The molecule has 0 aromatic heterocycles. The number of sulfone groups is 1. The van der Waals surface area contributed by atoms with Crippen LogP contribution in [0.5, 0.6) is 0 Å². The first kappa shape index (κ1) is 26.6. The smallest absolute Gasteiger partial charge is 0.407 e. The highest BCUT2D eigenvalue weighted by atomic mass is 32.2. The summed E-state index contributed by atoms with van der Waals surface area (Å²) in [5.41, 5.74) is 0.798. The number of nitrogens with one attached hydrogen (secondary N) is 1. The van der Waals surface area contributed by atoms with Gasteiger partial charge in [0.15, 0.2) is 9.84 Å². The van der Waals surface area contributed by atoms with Gasteiger partial charge in [0.05, 0.1) is 11.5 Å². The number of alkyl carbamates (subject to hydrolysis) is 1. The Hall–Kier alpha value is -3.64. The summed E-state index contributed by atoms with van der Waals surface area (Å²) in [6.07, 6.45) is -0.715. The summed E-state index contributed by atoms with van der Waals surface area (Å²) >= 11 is 0. The highest BCUT2D eigenvalue weighted by Gasteiger charge is 2.21. The first-order valence-corrected chi connectivity index (χ1v) is 12.4. The molecule has 0 aliphatic carbocycles. The number of carbonyl (C=O) groups excluding carboxylic acids is 2. The second-order valence-corrected chi connectivity index (χ2v) is 10.6. The number of carbonyl (C=O) groups is 2. The minimum absolute atomic E-state index is 0.138. The van der Waals surface area contributed by atoms with E-state index < -0.39 is 39.9 Å². The zero-order valence-corrected chi connectivity index (χ0v) is 20.2. The van der Waals surface area contributed by atoms with E-state index in [0.717, 1.165) is 0 Å². The van der Waals surface area contributed by atoms with Gasteiger partial charge in [-0.3, -0.25) is 0 Å². The summed E-state index contributed by atoms with van der Waals surface area (Å²) in [5.74, 6) is -1.70. The average molecular weight is 485 g/mol. The Bertz CT molecular complexity index is 1120. The third-order valence-corrected chi connectivity index (χ3v) is 6.01. The number of rotatable bonds is 9. The fourth-order valence-electron chi connectivity index (χ4n) is 2.93. The van der Waals surface area contributed by atoms with Gasteiger partial charge in [-0.05, 0) is 31.9 Å². The van der Waals surface area contributed by atoms with Gasteiger partial charge < -0.3 is 14.8 Å². The third-order valence-electron chi connectivity index (χ3n) is 4.40. The second-order valence-electron chi connectivity index (χ2n) is 8.31. The maximum Gasteiger partial charge on any atom is 0.407 e. The Kier molecular flexibility index (Phi) is 9.39. The third kappa shape index (κ3) is 8.71. The molecule has 1 amide bonds. The number of benzene rings is 2. The standard InChI is InChI=1S/C25H28N2O6S/c1-25(2,3)33-24(29)27-14-16-34(30,31)17-15-32-23(28)21(18-26)22(19-10-6-4-7-11-19)20-12-8-5-9-13-20/h4-13H,14-17H2,1-3H3,(H,27,29). The Morgan fingerprint density at radius 2 is 1.47 bits per heavy atom. The van der Waals surface area contributed by atoms with Crippen molar-refractivity contribution in [1.29, 1.82) is 5.26 Å².